The molecule has 1 aromatic carbocycles. The Labute approximate surface area is 116 Å². The van der Waals surface area contributed by atoms with E-state index in [0.717, 1.165) is 24.2 Å². The molecule has 0 bridgehead atoms. The van der Waals surface area contributed by atoms with Gasteiger partial charge in [0.1, 0.15) is 5.69 Å². The molecule has 2 aromatic rings. The second-order valence-corrected chi connectivity index (χ2v) is 4.81. The molecule has 1 fully saturated rings. The van der Waals surface area contributed by atoms with Crippen molar-refractivity contribution in [1.29, 1.82) is 0 Å². The fourth-order valence-corrected chi connectivity index (χ4v) is 2.27. The maximum Gasteiger partial charge on any atom is 0.337 e. The number of aliphatic hydroxyl groups excluding tert-OH is 1. The largest absolute Gasteiger partial charge is 0.465 e. The summed E-state index contributed by atoms with van der Waals surface area (Å²) in [6.07, 6.45) is 2.16. The van der Waals surface area contributed by atoms with Gasteiger partial charge in [-0.1, -0.05) is 11.3 Å². The maximum atomic E-state index is 11.6. The molecule has 1 aromatic heterocycles. The van der Waals surface area contributed by atoms with Gasteiger partial charge in [0.15, 0.2) is 0 Å². The molecule has 0 aliphatic heterocycles. The number of carbonyl (C=O) groups excluding carboxylic acids is 1. The second kappa shape index (κ2) is 5.05. The second-order valence-electron chi connectivity index (χ2n) is 4.81. The van der Waals surface area contributed by atoms with Gasteiger partial charge in [-0.15, -0.1) is 5.10 Å². The average molecular weight is 273 g/mol. The summed E-state index contributed by atoms with van der Waals surface area (Å²) in [7, 11) is 1.35. The van der Waals surface area contributed by atoms with Crippen LogP contribution in [0.15, 0.2) is 24.3 Å². The summed E-state index contributed by atoms with van der Waals surface area (Å²) >= 11 is 0. The molecule has 0 atom stereocenters. The zero-order valence-corrected chi connectivity index (χ0v) is 11.1. The summed E-state index contributed by atoms with van der Waals surface area (Å²) in [6, 6.07) is 7.04. The van der Waals surface area contributed by atoms with Crippen LogP contribution in [0.5, 0.6) is 0 Å². The highest BCUT2D eigenvalue weighted by molar-refractivity contribution is 5.89. The van der Waals surface area contributed by atoms with E-state index < -0.39 is 0 Å². The summed E-state index contributed by atoms with van der Waals surface area (Å²) in [5.74, 6) is 0.0104. The van der Waals surface area contributed by atoms with E-state index in [2.05, 4.69) is 10.3 Å². The van der Waals surface area contributed by atoms with Gasteiger partial charge >= 0.3 is 5.97 Å². The molecule has 104 valence electrons. The third-order valence-corrected chi connectivity index (χ3v) is 3.40. The molecule has 0 radical (unpaired) electrons. The lowest BCUT2D eigenvalue weighted by atomic mass is 10.2. The predicted octanol–water partition coefficient (Wildman–Crippen LogP) is 1.42. The molecule has 1 aliphatic rings. The van der Waals surface area contributed by atoms with Crippen molar-refractivity contribution in [3.05, 3.63) is 41.2 Å². The molecule has 1 aliphatic carbocycles. The number of methoxy groups -OCH3 is 1. The van der Waals surface area contributed by atoms with Crippen molar-refractivity contribution in [1.82, 2.24) is 15.0 Å². The Kier molecular flexibility index (Phi) is 3.23. The number of esters is 1. The van der Waals surface area contributed by atoms with Crippen LogP contribution in [0.2, 0.25) is 0 Å². The third-order valence-electron chi connectivity index (χ3n) is 3.40. The molecular weight excluding hydrogens is 258 g/mol. The van der Waals surface area contributed by atoms with Crippen LogP contribution >= 0.6 is 0 Å². The van der Waals surface area contributed by atoms with Crippen LogP contribution in [0.1, 0.15) is 40.5 Å². The molecule has 1 heterocycles. The molecule has 0 unspecified atom stereocenters. The van der Waals surface area contributed by atoms with Gasteiger partial charge in [-0.3, -0.25) is 0 Å². The lowest BCUT2D eigenvalue weighted by Gasteiger charge is -2.07. The highest BCUT2D eigenvalue weighted by Gasteiger charge is 2.31. The van der Waals surface area contributed by atoms with Crippen LogP contribution in [-0.2, 0) is 11.3 Å². The Morgan fingerprint density at radius 2 is 2.30 bits per heavy atom. The molecule has 1 saturated carbocycles. The molecule has 20 heavy (non-hydrogen) atoms. The number of hydrogen-bond acceptors (Lipinski definition) is 5. The zero-order chi connectivity index (χ0) is 14.1. The van der Waals surface area contributed by atoms with Crippen molar-refractivity contribution in [2.45, 2.75) is 25.4 Å². The van der Waals surface area contributed by atoms with Crippen LogP contribution in [0.3, 0.4) is 0 Å². The third kappa shape index (κ3) is 2.18. The van der Waals surface area contributed by atoms with Crippen molar-refractivity contribution >= 4 is 5.97 Å². The number of benzene rings is 1. The van der Waals surface area contributed by atoms with Crippen LogP contribution in [0.4, 0.5) is 0 Å². The summed E-state index contributed by atoms with van der Waals surface area (Å²) in [5.41, 5.74) is 2.76. The highest BCUT2D eigenvalue weighted by atomic mass is 16.5. The summed E-state index contributed by atoms with van der Waals surface area (Å²) in [5, 5.41) is 17.5. The van der Waals surface area contributed by atoms with E-state index in [1.807, 2.05) is 6.07 Å². The predicted molar refractivity (Wildman–Crippen MR) is 70.6 cm³/mol. The number of rotatable bonds is 4. The average Bonchev–Trinajstić information content (AvgIpc) is 3.25. The highest BCUT2D eigenvalue weighted by Crippen LogP contribution is 2.41. The Morgan fingerprint density at radius 3 is 2.95 bits per heavy atom. The zero-order valence-electron chi connectivity index (χ0n) is 11.1. The number of carbonyl (C=O) groups is 1. The Balaban J connectivity index is 2.05. The minimum atomic E-state index is -0.387. The van der Waals surface area contributed by atoms with E-state index in [1.165, 1.54) is 7.11 Å². The monoisotopic (exact) mass is 273 g/mol. The van der Waals surface area contributed by atoms with E-state index in [1.54, 1.807) is 22.9 Å². The number of aromatic nitrogens is 3. The van der Waals surface area contributed by atoms with Crippen LogP contribution in [-0.4, -0.2) is 33.2 Å². The molecule has 6 nitrogen and oxygen atoms in total. The number of ether oxygens (including phenoxy) is 1. The first-order chi connectivity index (χ1) is 9.74. The lowest BCUT2D eigenvalue weighted by molar-refractivity contribution is 0.0600. The minimum Gasteiger partial charge on any atom is -0.465 e. The van der Waals surface area contributed by atoms with Gasteiger partial charge in [-0.2, -0.15) is 0 Å². The van der Waals surface area contributed by atoms with Gasteiger partial charge in [-0.05, 0) is 31.0 Å². The molecule has 0 saturated heterocycles. The molecule has 6 heteroatoms. The fourth-order valence-electron chi connectivity index (χ4n) is 2.27. The summed E-state index contributed by atoms with van der Waals surface area (Å²) in [6.45, 7) is -0.122. The number of nitrogens with zero attached hydrogens (tertiary/aromatic N) is 3. The number of aliphatic hydroxyl groups is 1. The van der Waals surface area contributed by atoms with Crippen molar-refractivity contribution < 1.29 is 14.6 Å². The number of hydrogen-bond donors (Lipinski definition) is 1. The van der Waals surface area contributed by atoms with Crippen LogP contribution < -0.4 is 0 Å². The van der Waals surface area contributed by atoms with Crippen LogP contribution in [0, 0.1) is 0 Å². The van der Waals surface area contributed by atoms with Gasteiger partial charge in [0.25, 0.3) is 0 Å². The Morgan fingerprint density at radius 1 is 1.50 bits per heavy atom. The van der Waals surface area contributed by atoms with Crippen molar-refractivity contribution in [3.63, 3.8) is 0 Å². The van der Waals surface area contributed by atoms with Crippen molar-refractivity contribution in [2.24, 2.45) is 0 Å². The van der Waals surface area contributed by atoms with Crippen molar-refractivity contribution in [3.8, 4) is 5.69 Å². The van der Waals surface area contributed by atoms with E-state index in [9.17, 15) is 9.90 Å². The SMILES string of the molecule is COC(=O)c1cccc(-n2nnc(CO)c2C2CC2)c1. The van der Waals surface area contributed by atoms with E-state index in [0.29, 0.717) is 17.2 Å². The molecule has 0 amide bonds. The van der Waals surface area contributed by atoms with Gasteiger partial charge in [0.2, 0.25) is 0 Å². The molecule has 0 spiro atoms. The Hall–Kier alpha value is -2.21. The van der Waals surface area contributed by atoms with Gasteiger partial charge in [0.05, 0.1) is 30.7 Å². The van der Waals surface area contributed by atoms with Gasteiger partial charge in [0, 0.05) is 5.92 Å². The van der Waals surface area contributed by atoms with E-state index in [4.69, 9.17) is 4.74 Å². The summed E-state index contributed by atoms with van der Waals surface area (Å²) in [4.78, 5) is 11.6. The quantitative estimate of drug-likeness (QED) is 0.852. The first-order valence-electron chi connectivity index (χ1n) is 6.48. The maximum absolute atomic E-state index is 11.6. The van der Waals surface area contributed by atoms with E-state index in [-0.39, 0.29) is 12.6 Å². The summed E-state index contributed by atoms with van der Waals surface area (Å²) < 4.78 is 6.42. The van der Waals surface area contributed by atoms with Gasteiger partial charge < -0.3 is 9.84 Å². The Bertz CT molecular complexity index is 647. The van der Waals surface area contributed by atoms with Gasteiger partial charge in [-0.25, -0.2) is 9.48 Å². The standard InChI is InChI=1S/C14H15N3O3/c1-20-14(19)10-3-2-4-11(7-10)17-13(9-5-6-9)12(8-18)15-16-17/h2-4,7,9,18H,5-6,8H2,1H3. The molecule has 1 N–H and O–H groups in total. The topological polar surface area (TPSA) is 77.2 Å². The smallest absolute Gasteiger partial charge is 0.337 e. The van der Waals surface area contributed by atoms with Crippen LogP contribution in [0.25, 0.3) is 5.69 Å². The first kappa shape index (κ1) is 12.8. The minimum absolute atomic E-state index is 0.122. The molecular formula is C14H15N3O3. The van der Waals surface area contributed by atoms with E-state index >= 15 is 0 Å². The lowest BCUT2D eigenvalue weighted by Crippen LogP contribution is -2.06. The fraction of sp³-hybridized carbons (Fsp3) is 0.357. The normalized spacial score (nSPS) is 14.3. The van der Waals surface area contributed by atoms with Crippen molar-refractivity contribution in [2.75, 3.05) is 7.11 Å². The molecule has 3 rings (SSSR count). The first-order valence-corrected chi connectivity index (χ1v) is 6.48.